The lowest BCUT2D eigenvalue weighted by molar-refractivity contribution is -0.119. The molecular weight excluding hydrogens is 324 g/mol. The van der Waals surface area contributed by atoms with Gasteiger partial charge in [0.25, 0.3) is 0 Å². The number of carbonyl (C=O) groups is 1. The molecule has 1 saturated heterocycles. The fourth-order valence-electron chi connectivity index (χ4n) is 4.08. The molecule has 0 bridgehead atoms. The van der Waals surface area contributed by atoms with Gasteiger partial charge in [-0.3, -0.25) is 4.79 Å². The van der Waals surface area contributed by atoms with Crippen LogP contribution in [-0.2, 0) is 4.79 Å². The van der Waals surface area contributed by atoms with E-state index >= 15 is 0 Å². The maximum Gasteiger partial charge on any atom is 0.217 e. The molecule has 26 heavy (non-hydrogen) atoms. The Morgan fingerprint density at radius 1 is 1.08 bits per heavy atom. The molecule has 2 atom stereocenters. The zero-order valence-electron chi connectivity index (χ0n) is 15.4. The van der Waals surface area contributed by atoms with Crippen LogP contribution in [0.4, 0.5) is 5.69 Å². The summed E-state index contributed by atoms with van der Waals surface area (Å²) in [5.41, 5.74) is 3.83. The van der Waals surface area contributed by atoms with Crippen molar-refractivity contribution in [3.8, 4) is 5.75 Å². The summed E-state index contributed by atoms with van der Waals surface area (Å²) in [5, 5.41) is 3.16. The molecule has 2 fully saturated rings. The van der Waals surface area contributed by atoms with Crippen LogP contribution in [0.1, 0.15) is 49.3 Å². The van der Waals surface area contributed by atoms with Crippen molar-refractivity contribution in [1.29, 1.82) is 0 Å². The molecule has 0 radical (unpaired) electrons. The number of nitrogens with zero attached hydrogens (tertiary/aromatic N) is 1. The Bertz CT molecular complexity index is 783. The van der Waals surface area contributed by atoms with E-state index in [1.54, 1.807) is 14.0 Å². The second-order valence-electron chi connectivity index (χ2n) is 7.38. The number of hydrogen-bond donors (Lipinski definition) is 1. The number of methoxy groups -OCH3 is 1. The van der Waals surface area contributed by atoms with Crippen LogP contribution >= 0.6 is 0 Å². The van der Waals surface area contributed by atoms with Gasteiger partial charge in [-0.15, -0.1) is 0 Å². The van der Waals surface area contributed by atoms with Crippen molar-refractivity contribution in [2.75, 3.05) is 18.6 Å². The van der Waals surface area contributed by atoms with Crippen LogP contribution in [0.5, 0.6) is 5.75 Å². The second kappa shape index (κ2) is 7.02. The van der Waals surface area contributed by atoms with Crippen LogP contribution < -0.4 is 15.0 Å². The minimum atomic E-state index is 0.0297. The number of ether oxygens (including phenoxy) is 1. The van der Waals surface area contributed by atoms with Crippen molar-refractivity contribution in [3.05, 3.63) is 59.7 Å². The molecule has 4 rings (SSSR count). The molecule has 136 valence electrons. The van der Waals surface area contributed by atoms with E-state index in [4.69, 9.17) is 4.74 Å². The standard InChI is InChI=1S/C22H26N2O2/c1-15(25)23-21-12-13-24(19-4-3-5-20(14-19)26-2)22(21)18-10-8-17(9-11-18)16-6-7-16/h3-5,8-11,14,16,21-22H,6-7,12-13H2,1-2H3,(H,23,25)/t21-,22-/m1/s1. The summed E-state index contributed by atoms with van der Waals surface area (Å²) in [6, 6.07) is 17.4. The number of nitrogens with one attached hydrogen (secondary N) is 1. The average molecular weight is 350 g/mol. The van der Waals surface area contributed by atoms with Gasteiger partial charge in [-0.05, 0) is 48.4 Å². The van der Waals surface area contributed by atoms with Crippen molar-refractivity contribution in [3.63, 3.8) is 0 Å². The first kappa shape index (κ1) is 17.0. The lowest BCUT2D eigenvalue weighted by Gasteiger charge is -2.31. The molecule has 0 aromatic heterocycles. The van der Waals surface area contributed by atoms with Gasteiger partial charge < -0.3 is 15.0 Å². The second-order valence-corrected chi connectivity index (χ2v) is 7.38. The predicted molar refractivity (Wildman–Crippen MR) is 104 cm³/mol. The Labute approximate surface area is 155 Å². The van der Waals surface area contributed by atoms with Gasteiger partial charge in [0, 0.05) is 25.2 Å². The van der Waals surface area contributed by atoms with Crippen LogP contribution in [-0.4, -0.2) is 25.6 Å². The minimum absolute atomic E-state index is 0.0297. The van der Waals surface area contributed by atoms with Gasteiger partial charge in [-0.25, -0.2) is 0 Å². The van der Waals surface area contributed by atoms with Gasteiger partial charge in [0.05, 0.1) is 19.2 Å². The monoisotopic (exact) mass is 350 g/mol. The first-order chi connectivity index (χ1) is 12.7. The van der Waals surface area contributed by atoms with Crippen molar-refractivity contribution in [2.45, 2.75) is 44.2 Å². The highest BCUT2D eigenvalue weighted by atomic mass is 16.5. The Balaban J connectivity index is 1.66. The largest absolute Gasteiger partial charge is 0.497 e. The maximum absolute atomic E-state index is 11.7. The molecular formula is C22H26N2O2. The van der Waals surface area contributed by atoms with Gasteiger partial charge in [-0.1, -0.05) is 30.3 Å². The summed E-state index contributed by atoms with van der Waals surface area (Å²) in [5.74, 6) is 1.64. The van der Waals surface area contributed by atoms with Crippen molar-refractivity contribution < 1.29 is 9.53 Å². The van der Waals surface area contributed by atoms with Crippen LogP contribution in [0, 0.1) is 0 Å². The Kier molecular flexibility index (Phi) is 4.58. The molecule has 4 nitrogen and oxygen atoms in total. The van der Waals surface area contributed by atoms with Gasteiger partial charge in [0.15, 0.2) is 0 Å². The molecule has 2 aromatic rings. The van der Waals surface area contributed by atoms with E-state index in [9.17, 15) is 4.79 Å². The maximum atomic E-state index is 11.7. The summed E-state index contributed by atoms with van der Waals surface area (Å²) >= 11 is 0. The Hall–Kier alpha value is -2.49. The highest BCUT2D eigenvalue weighted by molar-refractivity contribution is 5.73. The average Bonchev–Trinajstić information content (AvgIpc) is 3.43. The highest BCUT2D eigenvalue weighted by Gasteiger charge is 2.36. The van der Waals surface area contributed by atoms with Crippen LogP contribution in [0.25, 0.3) is 0 Å². The zero-order valence-corrected chi connectivity index (χ0v) is 15.4. The van der Waals surface area contributed by atoms with Gasteiger partial charge in [0.2, 0.25) is 5.91 Å². The molecule has 1 heterocycles. The van der Waals surface area contributed by atoms with Gasteiger partial charge in [-0.2, -0.15) is 0 Å². The van der Waals surface area contributed by atoms with E-state index in [-0.39, 0.29) is 18.0 Å². The third-order valence-electron chi connectivity index (χ3n) is 5.50. The molecule has 2 aromatic carbocycles. The smallest absolute Gasteiger partial charge is 0.217 e. The van der Waals surface area contributed by atoms with E-state index in [2.05, 4.69) is 46.6 Å². The first-order valence-corrected chi connectivity index (χ1v) is 9.43. The first-order valence-electron chi connectivity index (χ1n) is 9.43. The number of hydrogen-bond acceptors (Lipinski definition) is 3. The van der Waals surface area contributed by atoms with E-state index < -0.39 is 0 Å². The predicted octanol–water partition coefficient (Wildman–Crippen LogP) is 4.03. The molecule has 2 aliphatic rings. The normalized spacial score (nSPS) is 22.3. The van der Waals surface area contributed by atoms with Gasteiger partial charge in [0.1, 0.15) is 5.75 Å². The van der Waals surface area contributed by atoms with Crippen LogP contribution in [0.15, 0.2) is 48.5 Å². The van der Waals surface area contributed by atoms with E-state index in [1.165, 1.54) is 24.0 Å². The molecule has 1 amide bonds. The van der Waals surface area contributed by atoms with Crippen LogP contribution in [0.3, 0.4) is 0 Å². The third kappa shape index (κ3) is 3.41. The zero-order chi connectivity index (χ0) is 18.1. The van der Waals surface area contributed by atoms with E-state index in [0.29, 0.717) is 0 Å². The molecule has 1 aliphatic heterocycles. The molecule has 1 saturated carbocycles. The number of amides is 1. The summed E-state index contributed by atoms with van der Waals surface area (Å²) in [6.07, 6.45) is 3.56. The number of rotatable bonds is 5. The summed E-state index contributed by atoms with van der Waals surface area (Å²) < 4.78 is 5.40. The fraction of sp³-hybridized carbons (Fsp3) is 0.409. The minimum Gasteiger partial charge on any atom is -0.497 e. The molecule has 0 spiro atoms. The van der Waals surface area contributed by atoms with Gasteiger partial charge >= 0.3 is 0 Å². The highest BCUT2D eigenvalue weighted by Crippen LogP contribution is 2.42. The molecule has 1 aliphatic carbocycles. The summed E-state index contributed by atoms with van der Waals surface area (Å²) in [7, 11) is 1.69. The quantitative estimate of drug-likeness (QED) is 0.885. The van der Waals surface area contributed by atoms with E-state index in [0.717, 1.165) is 30.3 Å². The SMILES string of the molecule is COc1cccc(N2CC[C@@H](NC(C)=O)[C@H]2c2ccc(C3CC3)cc2)c1. The summed E-state index contributed by atoms with van der Waals surface area (Å²) in [4.78, 5) is 14.1. The molecule has 0 unspecified atom stereocenters. The van der Waals surface area contributed by atoms with E-state index in [1.807, 2.05) is 12.1 Å². The number of carbonyl (C=O) groups excluding carboxylic acids is 1. The van der Waals surface area contributed by atoms with Crippen molar-refractivity contribution >= 4 is 11.6 Å². The van der Waals surface area contributed by atoms with Crippen molar-refractivity contribution in [2.24, 2.45) is 0 Å². The topological polar surface area (TPSA) is 41.6 Å². The Morgan fingerprint density at radius 2 is 1.81 bits per heavy atom. The third-order valence-corrected chi connectivity index (χ3v) is 5.50. The number of benzene rings is 2. The number of anilines is 1. The summed E-state index contributed by atoms with van der Waals surface area (Å²) in [6.45, 7) is 2.51. The van der Waals surface area contributed by atoms with Crippen molar-refractivity contribution in [1.82, 2.24) is 5.32 Å². The fourth-order valence-corrected chi connectivity index (χ4v) is 4.08. The lowest BCUT2D eigenvalue weighted by Crippen LogP contribution is -2.38. The lowest BCUT2D eigenvalue weighted by atomic mass is 9.97. The molecule has 1 N–H and O–H groups in total. The molecule has 4 heteroatoms. The Morgan fingerprint density at radius 3 is 2.46 bits per heavy atom. The van der Waals surface area contributed by atoms with Crippen LogP contribution in [0.2, 0.25) is 0 Å².